The Morgan fingerprint density at radius 3 is 2.04 bits per heavy atom. The van der Waals surface area contributed by atoms with Crippen LogP contribution in [-0.4, -0.2) is 35.8 Å². The lowest BCUT2D eigenvalue weighted by molar-refractivity contribution is -0.116. The summed E-state index contributed by atoms with van der Waals surface area (Å²) in [4.78, 5) is 46.2. The zero-order chi connectivity index (χ0) is 19.5. The summed E-state index contributed by atoms with van der Waals surface area (Å²) < 4.78 is 5.10. The molecule has 1 heterocycles. The summed E-state index contributed by atoms with van der Waals surface area (Å²) in [6.07, 6.45) is 2.77. The zero-order valence-electron chi connectivity index (χ0n) is 14.1. The third-order valence-corrected chi connectivity index (χ3v) is 3.29. The Labute approximate surface area is 155 Å². The average molecular weight is 364 g/mol. The van der Waals surface area contributed by atoms with E-state index in [2.05, 4.69) is 10.3 Å². The summed E-state index contributed by atoms with van der Waals surface area (Å²) in [6.45, 7) is 0. The number of amides is 1. The largest absolute Gasteiger partial charge is 0.444 e. The van der Waals surface area contributed by atoms with Crippen LogP contribution in [0.5, 0.6) is 0 Å². The standard InChI is InChI=1S/C10H9NO3.C10H7NO2/c12-6-9(7-13)11-10(14)8-4-2-1-3-5-8;12-6-9-7-13-10(11-9)8-4-2-1-3-5-8/h1-7,9H,(H,11,14);1-7H. The number of nitrogens with one attached hydrogen (secondary N) is 1. The highest BCUT2D eigenvalue weighted by Gasteiger charge is 2.10. The minimum Gasteiger partial charge on any atom is -0.444 e. The monoisotopic (exact) mass is 364 g/mol. The Hall–Kier alpha value is -3.87. The van der Waals surface area contributed by atoms with Crippen molar-refractivity contribution in [2.45, 2.75) is 6.04 Å². The predicted molar refractivity (Wildman–Crippen MR) is 97.2 cm³/mol. The number of hydrogen-bond donors (Lipinski definition) is 1. The van der Waals surface area contributed by atoms with Crippen LogP contribution in [0.2, 0.25) is 0 Å². The molecule has 0 aliphatic rings. The van der Waals surface area contributed by atoms with Gasteiger partial charge in [-0.1, -0.05) is 36.4 Å². The fourth-order valence-electron chi connectivity index (χ4n) is 1.98. The maximum absolute atomic E-state index is 11.3. The number of hydrogen-bond acceptors (Lipinski definition) is 6. The smallest absolute Gasteiger partial charge is 0.252 e. The van der Waals surface area contributed by atoms with E-state index in [1.807, 2.05) is 30.3 Å². The molecule has 0 saturated carbocycles. The topological polar surface area (TPSA) is 106 Å². The van der Waals surface area contributed by atoms with Gasteiger partial charge in [0.05, 0.1) is 0 Å². The van der Waals surface area contributed by atoms with Crippen molar-refractivity contribution < 1.29 is 23.6 Å². The van der Waals surface area contributed by atoms with E-state index in [0.717, 1.165) is 5.56 Å². The van der Waals surface area contributed by atoms with Gasteiger partial charge in [0.1, 0.15) is 30.6 Å². The van der Waals surface area contributed by atoms with Gasteiger partial charge in [0.2, 0.25) is 5.89 Å². The highest BCUT2D eigenvalue weighted by atomic mass is 16.3. The first-order chi connectivity index (χ1) is 13.2. The van der Waals surface area contributed by atoms with Crippen molar-refractivity contribution in [1.29, 1.82) is 0 Å². The number of carbonyl (C=O) groups is 4. The van der Waals surface area contributed by atoms with Crippen molar-refractivity contribution in [3.05, 3.63) is 78.2 Å². The molecule has 136 valence electrons. The van der Waals surface area contributed by atoms with E-state index in [1.54, 1.807) is 30.3 Å². The number of oxazole rings is 1. The molecular formula is C20H16N2O5. The summed E-state index contributed by atoms with van der Waals surface area (Å²) in [5.41, 5.74) is 1.61. The van der Waals surface area contributed by atoms with E-state index in [-0.39, 0.29) is 0 Å². The van der Waals surface area contributed by atoms with Crippen molar-refractivity contribution in [2.75, 3.05) is 0 Å². The normalized spacial score (nSPS) is 9.67. The molecule has 0 aliphatic heterocycles. The van der Waals surface area contributed by atoms with Gasteiger partial charge >= 0.3 is 0 Å². The van der Waals surface area contributed by atoms with Crippen molar-refractivity contribution in [1.82, 2.24) is 10.3 Å². The predicted octanol–water partition coefficient (Wildman–Crippen LogP) is 2.34. The second kappa shape index (κ2) is 10.2. The molecule has 0 saturated heterocycles. The van der Waals surface area contributed by atoms with E-state index in [1.165, 1.54) is 6.26 Å². The number of nitrogens with zero attached hydrogens (tertiary/aromatic N) is 1. The van der Waals surface area contributed by atoms with Crippen LogP contribution in [0.1, 0.15) is 20.8 Å². The van der Waals surface area contributed by atoms with Crippen LogP contribution in [0.25, 0.3) is 11.5 Å². The lowest BCUT2D eigenvalue weighted by Gasteiger charge is -2.05. The average Bonchev–Trinajstić information content (AvgIpc) is 3.23. The number of carbonyl (C=O) groups excluding carboxylic acids is 4. The second-order valence-electron chi connectivity index (χ2n) is 5.20. The quantitative estimate of drug-likeness (QED) is 0.531. The summed E-state index contributed by atoms with van der Waals surface area (Å²) in [5.74, 6) is 0.0394. The van der Waals surface area contributed by atoms with Crippen LogP contribution in [0, 0.1) is 0 Å². The third-order valence-electron chi connectivity index (χ3n) is 3.29. The fraction of sp³-hybridized carbons (Fsp3) is 0.0500. The first kappa shape index (κ1) is 19.5. The van der Waals surface area contributed by atoms with Crippen LogP contribution in [-0.2, 0) is 9.59 Å². The number of rotatable bonds is 6. The number of aromatic nitrogens is 1. The van der Waals surface area contributed by atoms with Crippen LogP contribution < -0.4 is 5.32 Å². The summed E-state index contributed by atoms with van der Waals surface area (Å²) in [6, 6.07) is 16.7. The zero-order valence-corrected chi connectivity index (χ0v) is 14.1. The Balaban J connectivity index is 0.000000194. The molecule has 0 bridgehead atoms. The summed E-state index contributed by atoms with van der Waals surface area (Å²) >= 11 is 0. The van der Waals surface area contributed by atoms with E-state index in [9.17, 15) is 19.2 Å². The molecule has 0 radical (unpaired) electrons. The van der Waals surface area contributed by atoms with Gasteiger partial charge in [0, 0.05) is 11.1 Å². The Bertz CT molecular complexity index is 883. The number of aldehydes is 3. The van der Waals surface area contributed by atoms with Crippen LogP contribution in [0.3, 0.4) is 0 Å². The van der Waals surface area contributed by atoms with Gasteiger partial charge in [-0.05, 0) is 24.3 Å². The minimum absolute atomic E-state index is 0.318. The second-order valence-corrected chi connectivity index (χ2v) is 5.20. The molecule has 3 aromatic rings. The molecule has 0 atom stereocenters. The van der Waals surface area contributed by atoms with Crippen LogP contribution in [0.4, 0.5) is 0 Å². The molecule has 0 spiro atoms. The van der Waals surface area contributed by atoms with Crippen LogP contribution in [0.15, 0.2) is 71.3 Å². The highest BCUT2D eigenvalue weighted by molar-refractivity contribution is 5.98. The van der Waals surface area contributed by atoms with Crippen molar-refractivity contribution in [3.8, 4) is 11.5 Å². The maximum Gasteiger partial charge on any atom is 0.252 e. The SMILES string of the molecule is O=CC(C=O)NC(=O)c1ccccc1.O=Cc1coc(-c2ccccc2)n1. The van der Waals surface area contributed by atoms with E-state index >= 15 is 0 Å². The molecule has 7 nitrogen and oxygen atoms in total. The molecule has 1 amide bonds. The number of benzene rings is 2. The van der Waals surface area contributed by atoms with Gasteiger partial charge in [-0.15, -0.1) is 0 Å². The third kappa shape index (κ3) is 5.86. The van der Waals surface area contributed by atoms with Crippen molar-refractivity contribution in [3.63, 3.8) is 0 Å². The first-order valence-corrected chi connectivity index (χ1v) is 7.90. The van der Waals surface area contributed by atoms with Crippen molar-refractivity contribution in [2.24, 2.45) is 0 Å². The maximum atomic E-state index is 11.3. The fourth-order valence-corrected chi connectivity index (χ4v) is 1.98. The Kier molecular flexibility index (Phi) is 7.35. The molecule has 2 aromatic carbocycles. The van der Waals surface area contributed by atoms with Gasteiger partial charge in [-0.3, -0.25) is 9.59 Å². The molecule has 0 aliphatic carbocycles. The molecule has 0 unspecified atom stereocenters. The van der Waals surface area contributed by atoms with Gasteiger partial charge in [-0.2, -0.15) is 0 Å². The molecular weight excluding hydrogens is 348 g/mol. The summed E-state index contributed by atoms with van der Waals surface area (Å²) in [5, 5.41) is 2.26. The lowest BCUT2D eigenvalue weighted by atomic mass is 10.2. The molecule has 0 fully saturated rings. The summed E-state index contributed by atoms with van der Waals surface area (Å²) in [7, 11) is 0. The first-order valence-electron chi connectivity index (χ1n) is 7.90. The van der Waals surface area contributed by atoms with Gasteiger partial charge < -0.3 is 19.3 Å². The van der Waals surface area contributed by atoms with Crippen LogP contribution >= 0.6 is 0 Å². The molecule has 1 N–H and O–H groups in total. The Morgan fingerprint density at radius 1 is 0.926 bits per heavy atom. The molecule has 1 aromatic heterocycles. The molecule has 7 heteroatoms. The van der Waals surface area contributed by atoms with E-state index < -0.39 is 11.9 Å². The Morgan fingerprint density at radius 2 is 1.52 bits per heavy atom. The van der Waals surface area contributed by atoms with Crippen molar-refractivity contribution >= 4 is 24.8 Å². The van der Waals surface area contributed by atoms with Gasteiger partial charge in [0.25, 0.3) is 5.91 Å². The van der Waals surface area contributed by atoms with E-state index in [0.29, 0.717) is 36.0 Å². The van der Waals surface area contributed by atoms with E-state index in [4.69, 9.17) is 4.42 Å². The minimum atomic E-state index is -1.07. The molecule has 27 heavy (non-hydrogen) atoms. The van der Waals surface area contributed by atoms with Gasteiger partial charge in [0.15, 0.2) is 6.29 Å². The molecule has 3 rings (SSSR count). The van der Waals surface area contributed by atoms with Gasteiger partial charge in [-0.25, -0.2) is 4.98 Å². The highest BCUT2D eigenvalue weighted by Crippen LogP contribution is 2.16. The lowest BCUT2D eigenvalue weighted by Crippen LogP contribution is -2.36.